The summed E-state index contributed by atoms with van der Waals surface area (Å²) in [5.74, 6) is -0.684. The molecule has 0 spiro atoms. The third-order valence-corrected chi connectivity index (χ3v) is 5.39. The highest BCUT2D eigenvalue weighted by Crippen LogP contribution is 2.26. The molecule has 0 aliphatic rings. The molecule has 0 bridgehead atoms. The molecule has 3 rings (SSSR count). The van der Waals surface area contributed by atoms with E-state index in [4.69, 9.17) is 4.42 Å². The molecule has 0 saturated heterocycles. The first-order chi connectivity index (χ1) is 12.2. The quantitative estimate of drug-likeness (QED) is 0.753. The van der Waals surface area contributed by atoms with Crippen LogP contribution in [0.25, 0.3) is 11.0 Å². The number of amides is 1. The van der Waals surface area contributed by atoms with Gasteiger partial charge in [0.2, 0.25) is 0 Å². The fraction of sp³-hybridized carbons (Fsp3) is 0.211. The van der Waals surface area contributed by atoms with Crippen LogP contribution >= 0.6 is 0 Å². The standard InChI is InChI=1S/C19H18FNO4S/c1-11-16-10-14(20)6-9-17(16)25-18(11)19(22)21-12(2)13-4-7-15(8-5-13)26(3,23)24/h4-10,12H,1-3H3,(H,21,22)/t12-/m0/s1. The van der Waals surface area contributed by atoms with Crippen LogP contribution in [0.4, 0.5) is 4.39 Å². The third kappa shape index (κ3) is 3.48. The van der Waals surface area contributed by atoms with Crippen LogP contribution in [0, 0.1) is 12.7 Å². The summed E-state index contributed by atoms with van der Waals surface area (Å²) in [6, 6.07) is 10.1. The number of halogens is 1. The third-order valence-electron chi connectivity index (χ3n) is 4.26. The Labute approximate surface area is 150 Å². The summed E-state index contributed by atoms with van der Waals surface area (Å²) in [5, 5.41) is 3.37. The number of sulfone groups is 1. The second-order valence-electron chi connectivity index (χ2n) is 6.23. The number of furan rings is 1. The zero-order valence-electron chi connectivity index (χ0n) is 14.5. The molecule has 7 heteroatoms. The van der Waals surface area contributed by atoms with E-state index in [1.54, 1.807) is 26.0 Å². The number of nitrogens with one attached hydrogen (secondary N) is 1. The van der Waals surface area contributed by atoms with Gasteiger partial charge in [0.25, 0.3) is 5.91 Å². The van der Waals surface area contributed by atoms with E-state index in [9.17, 15) is 17.6 Å². The number of hydrogen-bond donors (Lipinski definition) is 1. The van der Waals surface area contributed by atoms with Gasteiger partial charge in [0, 0.05) is 17.2 Å². The average Bonchev–Trinajstić information content (AvgIpc) is 2.91. The number of rotatable bonds is 4. The summed E-state index contributed by atoms with van der Waals surface area (Å²) in [4.78, 5) is 12.8. The number of hydrogen-bond acceptors (Lipinski definition) is 4. The average molecular weight is 375 g/mol. The van der Waals surface area contributed by atoms with Crippen LogP contribution < -0.4 is 5.32 Å². The van der Waals surface area contributed by atoms with Crippen LogP contribution in [0.2, 0.25) is 0 Å². The number of carbonyl (C=O) groups is 1. The van der Waals surface area contributed by atoms with Crippen molar-refractivity contribution in [2.45, 2.75) is 24.8 Å². The minimum Gasteiger partial charge on any atom is -0.451 e. The van der Waals surface area contributed by atoms with Crippen molar-refractivity contribution < 1.29 is 22.0 Å². The Morgan fingerprint density at radius 2 is 1.81 bits per heavy atom. The van der Waals surface area contributed by atoms with Crippen molar-refractivity contribution in [2.24, 2.45) is 0 Å². The summed E-state index contributed by atoms with van der Waals surface area (Å²) in [7, 11) is -3.27. The maximum atomic E-state index is 13.4. The second-order valence-corrected chi connectivity index (χ2v) is 8.25. The molecular weight excluding hydrogens is 357 g/mol. The molecule has 0 fully saturated rings. The highest BCUT2D eigenvalue weighted by Gasteiger charge is 2.20. The van der Waals surface area contributed by atoms with E-state index in [2.05, 4.69) is 5.32 Å². The zero-order valence-corrected chi connectivity index (χ0v) is 15.4. The first-order valence-corrected chi connectivity index (χ1v) is 9.85. The van der Waals surface area contributed by atoms with Gasteiger partial charge in [-0.15, -0.1) is 0 Å². The number of aryl methyl sites for hydroxylation is 1. The van der Waals surface area contributed by atoms with Gasteiger partial charge in [0.15, 0.2) is 15.6 Å². The molecule has 3 aromatic rings. The lowest BCUT2D eigenvalue weighted by atomic mass is 10.1. The van der Waals surface area contributed by atoms with Gasteiger partial charge >= 0.3 is 0 Å². The molecule has 1 N–H and O–H groups in total. The maximum absolute atomic E-state index is 13.4. The Balaban J connectivity index is 1.82. The van der Waals surface area contributed by atoms with Crippen molar-refractivity contribution in [3.05, 3.63) is 65.2 Å². The Morgan fingerprint density at radius 3 is 2.42 bits per heavy atom. The first-order valence-electron chi connectivity index (χ1n) is 7.96. The van der Waals surface area contributed by atoms with E-state index in [0.29, 0.717) is 16.5 Å². The molecule has 0 unspecified atom stereocenters. The van der Waals surface area contributed by atoms with Gasteiger partial charge in [-0.25, -0.2) is 12.8 Å². The summed E-state index contributed by atoms with van der Waals surface area (Å²) < 4.78 is 42.0. The molecule has 0 aliphatic carbocycles. The number of benzene rings is 2. The van der Waals surface area contributed by atoms with Crippen LogP contribution in [0.3, 0.4) is 0 Å². The fourth-order valence-corrected chi connectivity index (χ4v) is 3.39. The molecular formula is C19H18FNO4S. The molecule has 2 aromatic carbocycles. The Kier molecular flexibility index (Phi) is 4.58. The van der Waals surface area contributed by atoms with Crippen molar-refractivity contribution in [1.82, 2.24) is 5.32 Å². The molecule has 1 amide bonds. The lowest BCUT2D eigenvalue weighted by Gasteiger charge is -2.14. The van der Waals surface area contributed by atoms with Gasteiger partial charge in [-0.05, 0) is 49.7 Å². The molecule has 0 aliphatic heterocycles. The predicted octanol–water partition coefficient (Wildman–Crippen LogP) is 3.77. The van der Waals surface area contributed by atoms with Gasteiger partial charge in [0.05, 0.1) is 10.9 Å². The topological polar surface area (TPSA) is 76.4 Å². The molecule has 0 radical (unpaired) electrons. The van der Waals surface area contributed by atoms with Gasteiger partial charge in [-0.2, -0.15) is 0 Å². The molecule has 136 valence electrons. The van der Waals surface area contributed by atoms with Gasteiger partial charge < -0.3 is 9.73 Å². The van der Waals surface area contributed by atoms with Gasteiger partial charge in [0.1, 0.15) is 11.4 Å². The smallest absolute Gasteiger partial charge is 0.287 e. The maximum Gasteiger partial charge on any atom is 0.287 e. The Morgan fingerprint density at radius 1 is 1.15 bits per heavy atom. The van der Waals surface area contributed by atoms with E-state index < -0.39 is 21.6 Å². The minimum atomic E-state index is -3.27. The fourth-order valence-electron chi connectivity index (χ4n) is 2.76. The van der Waals surface area contributed by atoms with Crippen molar-refractivity contribution in [1.29, 1.82) is 0 Å². The van der Waals surface area contributed by atoms with E-state index in [0.717, 1.165) is 11.8 Å². The first kappa shape index (κ1) is 18.1. The van der Waals surface area contributed by atoms with E-state index in [-0.39, 0.29) is 16.7 Å². The van der Waals surface area contributed by atoms with Gasteiger partial charge in [-0.3, -0.25) is 4.79 Å². The molecule has 26 heavy (non-hydrogen) atoms. The lowest BCUT2D eigenvalue weighted by molar-refractivity contribution is 0.0913. The van der Waals surface area contributed by atoms with Gasteiger partial charge in [-0.1, -0.05) is 12.1 Å². The van der Waals surface area contributed by atoms with Crippen LogP contribution in [0.5, 0.6) is 0 Å². The number of fused-ring (bicyclic) bond motifs is 1. The number of carbonyl (C=O) groups excluding carboxylic acids is 1. The van der Waals surface area contributed by atoms with Crippen molar-refractivity contribution in [3.63, 3.8) is 0 Å². The summed E-state index contributed by atoms with van der Waals surface area (Å²) in [6.45, 7) is 3.48. The zero-order chi connectivity index (χ0) is 19.1. The monoisotopic (exact) mass is 375 g/mol. The van der Waals surface area contributed by atoms with Crippen molar-refractivity contribution >= 4 is 26.7 Å². The SMILES string of the molecule is Cc1c(C(=O)N[C@@H](C)c2ccc(S(C)(=O)=O)cc2)oc2ccc(F)cc12. The normalized spacial score (nSPS) is 12.9. The second kappa shape index (κ2) is 6.57. The summed E-state index contributed by atoms with van der Waals surface area (Å²) in [5.41, 5.74) is 1.77. The van der Waals surface area contributed by atoms with E-state index in [1.807, 2.05) is 0 Å². The lowest BCUT2D eigenvalue weighted by Crippen LogP contribution is -2.26. The van der Waals surface area contributed by atoms with Crippen LogP contribution in [-0.4, -0.2) is 20.6 Å². The molecule has 5 nitrogen and oxygen atoms in total. The highest BCUT2D eigenvalue weighted by atomic mass is 32.2. The molecule has 1 aromatic heterocycles. The molecule has 1 atom stereocenters. The molecule has 1 heterocycles. The van der Waals surface area contributed by atoms with Crippen molar-refractivity contribution in [2.75, 3.05) is 6.26 Å². The molecule has 0 saturated carbocycles. The Bertz CT molecular complexity index is 1080. The van der Waals surface area contributed by atoms with Crippen molar-refractivity contribution in [3.8, 4) is 0 Å². The van der Waals surface area contributed by atoms with Crippen LogP contribution in [0.15, 0.2) is 51.8 Å². The van der Waals surface area contributed by atoms with E-state index in [1.165, 1.54) is 30.3 Å². The largest absolute Gasteiger partial charge is 0.451 e. The summed E-state index contributed by atoms with van der Waals surface area (Å²) in [6.07, 6.45) is 1.14. The predicted molar refractivity (Wildman–Crippen MR) is 96.3 cm³/mol. The van der Waals surface area contributed by atoms with E-state index >= 15 is 0 Å². The van der Waals surface area contributed by atoms with Crippen LogP contribution in [-0.2, 0) is 9.84 Å². The summed E-state index contributed by atoms with van der Waals surface area (Å²) >= 11 is 0. The minimum absolute atomic E-state index is 0.130. The van der Waals surface area contributed by atoms with Crippen LogP contribution in [0.1, 0.15) is 34.6 Å². The Hall–Kier alpha value is -2.67. The highest BCUT2D eigenvalue weighted by molar-refractivity contribution is 7.90.